The van der Waals surface area contributed by atoms with Gasteiger partial charge in [0.15, 0.2) is 10.9 Å². The van der Waals surface area contributed by atoms with Crippen molar-refractivity contribution < 1.29 is 17.9 Å². The van der Waals surface area contributed by atoms with E-state index < -0.39 is 24.8 Å². The van der Waals surface area contributed by atoms with E-state index in [1.54, 1.807) is 12.1 Å². The van der Waals surface area contributed by atoms with Crippen LogP contribution < -0.4 is 20.7 Å². The molecule has 3 N–H and O–H groups in total. The van der Waals surface area contributed by atoms with Gasteiger partial charge in [-0.15, -0.1) is 0 Å². The Morgan fingerprint density at radius 1 is 1.24 bits per heavy atom. The lowest BCUT2D eigenvalue weighted by atomic mass is 10.0. The zero-order valence-electron chi connectivity index (χ0n) is 17.3. The summed E-state index contributed by atoms with van der Waals surface area (Å²) in [6.45, 7) is -0.494. The van der Waals surface area contributed by atoms with Crippen LogP contribution in [0.3, 0.4) is 0 Å². The summed E-state index contributed by atoms with van der Waals surface area (Å²) in [6.07, 6.45) is 0. The molecule has 1 saturated heterocycles. The van der Waals surface area contributed by atoms with E-state index in [0.717, 1.165) is 4.70 Å². The maximum atomic E-state index is 16.0. The molecule has 5 rings (SSSR count). The third-order valence-corrected chi connectivity index (χ3v) is 6.54. The van der Waals surface area contributed by atoms with E-state index in [1.807, 2.05) is 6.07 Å². The minimum atomic E-state index is -3.00. The number of nitrogens with zero attached hydrogens (tertiary/aromatic N) is 4. The van der Waals surface area contributed by atoms with Crippen LogP contribution in [-0.4, -0.2) is 54.2 Å². The number of anilines is 2. The van der Waals surface area contributed by atoms with Crippen molar-refractivity contribution in [2.75, 3.05) is 43.9 Å². The Morgan fingerprint density at radius 2 is 2.06 bits per heavy atom. The summed E-state index contributed by atoms with van der Waals surface area (Å²) in [7, 11) is 1.33. The van der Waals surface area contributed by atoms with Crippen molar-refractivity contribution in [1.29, 1.82) is 0 Å². The number of methoxy groups -OCH3 is 1. The Morgan fingerprint density at radius 3 is 2.85 bits per heavy atom. The zero-order valence-corrected chi connectivity index (χ0v) is 18.9. The molecule has 2 aromatic carbocycles. The second-order valence-corrected chi connectivity index (χ2v) is 9.11. The number of thiazole rings is 1. The Labute approximate surface area is 195 Å². The standard InChI is InChI=1S/C21H18ClF3N6OS/c1-32-20-29-17-11(18(30-20)31-6-5-27-8-21(24,25)9-31)7-12(22)14(15(17)23)10-3-2-4-13-16(10)28-19(26)33-13/h2-4,7,27H,5-6,8-9H2,1H3,(H2,26,28). The third kappa shape index (κ3) is 3.90. The van der Waals surface area contributed by atoms with Crippen LogP contribution in [0.2, 0.25) is 5.02 Å². The fraction of sp³-hybridized carbons (Fsp3) is 0.286. The summed E-state index contributed by atoms with van der Waals surface area (Å²) in [5.41, 5.74) is 6.82. The fourth-order valence-corrected chi connectivity index (χ4v) is 5.04. The summed E-state index contributed by atoms with van der Waals surface area (Å²) in [6, 6.07) is 6.64. The number of benzene rings is 2. The molecule has 1 fully saturated rings. The van der Waals surface area contributed by atoms with Crippen molar-refractivity contribution in [2.24, 2.45) is 0 Å². The number of halogens is 4. The summed E-state index contributed by atoms with van der Waals surface area (Å²) in [5, 5.41) is 3.34. The highest BCUT2D eigenvalue weighted by atomic mass is 35.5. The maximum Gasteiger partial charge on any atom is 0.318 e. The second-order valence-electron chi connectivity index (χ2n) is 7.64. The first-order chi connectivity index (χ1) is 15.8. The number of nitrogen functional groups attached to an aromatic ring is 1. The van der Waals surface area contributed by atoms with Gasteiger partial charge in [0, 0.05) is 29.6 Å². The van der Waals surface area contributed by atoms with E-state index in [4.69, 9.17) is 22.1 Å². The summed E-state index contributed by atoms with van der Waals surface area (Å²) >= 11 is 7.84. The van der Waals surface area contributed by atoms with E-state index in [9.17, 15) is 8.78 Å². The minimum absolute atomic E-state index is 0.0776. The molecule has 0 spiro atoms. The van der Waals surface area contributed by atoms with Crippen LogP contribution in [0.1, 0.15) is 0 Å². The van der Waals surface area contributed by atoms with E-state index in [1.165, 1.54) is 29.4 Å². The van der Waals surface area contributed by atoms with Crippen LogP contribution in [0.4, 0.5) is 24.1 Å². The number of ether oxygens (including phenoxy) is 1. The number of hydrogen-bond acceptors (Lipinski definition) is 8. The number of alkyl halides is 2. The van der Waals surface area contributed by atoms with Gasteiger partial charge in [0.2, 0.25) is 0 Å². The first kappa shape index (κ1) is 21.9. The molecule has 0 saturated carbocycles. The first-order valence-electron chi connectivity index (χ1n) is 10.00. The Hall–Kier alpha value is -2.89. The number of nitrogens with one attached hydrogen (secondary N) is 1. The normalized spacial score (nSPS) is 16.3. The van der Waals surface area contributed by atoms with Crippen LogP contribution in [0.25, 0.3) is 32.2 Å². The van der Waals surface area contributed by atoms with Crippen molar-refractivity contribution in [3.63, 3.8) is 0 Å². The van der Waals surface area contributed by atoms with Crippen LogP contribution in [0.15, 0.2) is 24.3 Å². The molecule has 33 heavy (non-hydrogen) atoms. The molecule has 0 atom stereocenters. The van der Waals surface area contributed by atoms with Crippen LogP contribution in [-0.2, 0) is 0 Å². The van der Waals surface area contributed by atoms with Crippen molar-refractivity contribution in [3.05, 3.63) is 35.1 Å². The smallest absolute Gasteiger partial charge is 0.318 e. The zero-order chi connectivity index (χ0) is 23.3. The van der Waals surface area contributed by atoms with Crippen LogP contribution in [0.5, 0.6) is 6.01 Å². The SMILES string of the molecule is COc1nc(N2CCNCC(F)(F)C2)c2cc(Cl)c(-c3cccc4sc(N)nc34)c(F)c2n1. The quantitative estimate of drug-likeness (QED) is 0.438. The lowest BCUT2D eigenvalue weighted by Gasteiger charge is -2.26. The van der Waals surface area contributed by atoms with Crippen molar-refractivity contribution in [3.8, 4) is 17.1 Å². The lowest BCUT2D eigenvalue weighted by Crippen LogP contribution is -2.39. The van der Waals surface area contributed by atoms with Crippen LogP contribution in [0, 0.1) is 5.82 Å². The topological polar surface area (TPSA) is 89.2 Å². The second kappa shape index (κ2) is 8.15. The molecule has 1 aliphatic rings. The molecule has 0 unspecified atom stereocenters. The molecule has 7 nitrogen and oxygen atoms in total. The van der Waals surface area contributed by atoms with E-state index in [2.05, 4.69) is 20.3 Å². The average molecular weight is 495 g/mol. The molecule has 0 aliphatic carbocycles. The number of nitrogens with two attached hydrogens (primary N) is 1. The molecule has 0 radical (unpaired) electrons. The lowest BCUT2D eigenvalue weighted by molar-refractivity contribution is 0.0156. The molecule has 1 aliphatic heterocycles. The number of para-hydroxylation sites is 1. The van der Waals surface area contributed by atoms with E-state index in [-0.39, 0.29) is 39.9 Å². The Balaban J connectivity index is 1.76. The Bertz CT molecular complexity index is 1380. The number of rotatable bonds is 3. The number of aromatic nitrogens is 3. The maximum absolute atomic E-state index is 16.0. The van der Waals surface area contributed by atoms with Gasteiger partial charge in [0.05, 0.1) is 35.4 Å². The average Bonchev–Trinajstić information content (AvgIpc) is 3.06. The van der Waals surface area contributed by atoms with Crippen LogP contribution >= 0.6 is 22.9 Å². The third-order valence-electron chi connectivity index (χ3n) is 5.39. The van der Waals surface area contributed by atoms with Gasteiger partial charge in [-0.05, 0) is 12.1 Å². The predicted molar refractivity (Wildman–Crippen MR) is 124 cm³/mol. The van der Waals surface area contributed by atoms with Gasteiger partial charge < -0.3 is 20.7 Å². The molecule has 4 aromatic rings. The van der Waals surface area contributed by atoms with E-state index in [0.29, 0.717) is 22.8 Å². The van der Waals surface area contributed by atoms with Gasteiger partial charge in [-0.2, -0.15) is 9.97 Å². The molecule has 172 valence electrons. The van der Waals surface area contributed by atoms with Gasteiger partial charge in [-0.1, -0.05) is 35.1 Å². The van der Waals surface area contributed by atoms with E-state index >= 15 is 4.39 Å². The minimum Gasteiger partial charge on any atom is -0.467 e. The van der Waals surface area contributed by atoms with Gasteiger partial charge in [0.25, 0.3) is 5.92 Å². The monoisotopic (exact) mass is 494 g/mol. The number of hydrogen-bond donors (Lipinski definition) is 2. The highest BCUT2D eigenvalue weighted by Crippen LogP contribution is 2.42. The summed E-state index contributed by atoms with van der Waals surface area (Å²) < 4.78 is 50.5. The highest BCUT2D eigenvalue weighted by Gasteiger charge is 2.35. The van der Waals surface area contributed by atoms with Gasteiger partial charge in [0.1, 0.15) is 11.3 Å². The molecule has 12 heteroatoms. The first-order valence-corrected chi connectivity index (χ1v) is 11.2. The summed E-state index contributed by atoms with van der Waals surface area (Å²) in [5.74, 6) is -3.59. The predicted octanol–water partition coefficient (Wildman–Crippen LogP) is 4.33. The fourth-order valence-electron chi connectivity index (χ4n) is 3.99. The number of fused-ring (bicyclic) bond motifs is 2. The molecule has 0 amide bonds. The van der Waals surface area contributed by atoms with Gasteiger partial charge in [-0.3, -0.25) is 0 Å². The Kier molecular flexibility index (Phi) is 5.42. The largest absolute Gasteiger partial charge is 0.467 e. The van der Waals surface area contributed by atoms with Crippen molar-refractivity contribution >= 4 is 55.0 Å². The van der Waals surface area contributed by atoms with Gasteiger partial charge >= 0.3 is 6.01 Å². The van der Waals surface area contributed by atoms with Crippen molar-refractivity contribution in [2.45, 2.75) is 5.92 Å². The molecule has 2 aromatic heterocycles. The molecular formula is C21H18ClF3N6OS. The van der Waals surface area contributed by atoms with Crippen molar-refractivity contribution in [1.82, 2.24) is 20.3 Å². The summed E-state index contributed by atoms with van der Waals surface area (Å²) in [4.78, 5) is 14.2. The molecular weight excluding hydrogens is 477 g/mol. The van der Waals surface area contributed by atoms with Gasteiger partial charge in [-0.25, -0.2) is 18.2 Å². The molecule has 3 heterocycles. The highest BCUT2D eigenvalue weighted by molar-refractivity contribution is 7.22. The molecule has 0 bridgehead atoms.